The van der Waals surface area contributed by atoms with E-state index in [4.69, 9.17) is 0 Å². The molecule has 1 fully saturated rings. The van der Waals surface area contributed by atoms with Crippen LogP contribution in [-0.4, -0.2) is 23.5 Å². The van der Waals surface area contributed by atoms with E-state index in [2.05, 4.69) is 31.5 Å². The molecule has 1 atom stereocenters. The lowest BCUT2D eigenvalue weighted by molar-refractivity contribution is -0.117. The van der Waals surface area contributed by atoms with Crippen molar-refractivity contribution in [3.63, 3.8) is 0 Å². The van der Waals surface area contributed by atoms with Crippen LogP contribution < -0.4 is 10.6 Å². The first kappa shape index (κ1) is 11.5. The van der Waals surface area contributed by atoms with Gasteiger partial charge in [0.2, 0.25) is 5.91 Å². The maximum absolute atomic E-state index is 11.8. The number of anilines is 1. The quantitative estimate of drug-likeness (QED) is 0.815. The zero-order valence-electron chi connectivity index (χ0n) is 9.09. The topological polar surface area (TPSA) is 54.0 Å². The fourth-order valence-corrected chi connectivity index (χ4v) is 1.98. The Morgan fingerprint density at radius 2 is 2.50 bits per heavy atom. The number of carbonyl (C=O) groups is 1. The third-order valence-electron chi connectivity index (χ3n) is 2.66. The van der Waals surface area contributed by atoms with Crippen LogP contribution >= 0.6 is 15.9 Å². The molecule has 2 heterocycles. The van der Waals surface area contributed by atoms with Crippen molar-refractivity contribution in [1.82, 2.24) is 10.3 Å². The number of rotatable bonds is 2. The van der Waals surface area contributed by atoms with E-state index >= 15 is 0 Å². The van der Waals surface area contributed by atoms with Gasteiger partial charge in [-0.15, -0.1) is 0 Å². The Labute approximate surface area is 103 Å². The Kier molecular flexibility index (Phi) is 3.56. The van der Waals surface area contributed by atoms with E-state index in [0.717, 1.165) is 35.2 Å². The first-order valence-electron chi connectivity index (χ1n) is 5.33. The van der Waals surface area contributed by atoms with Gasteiger partial charge in [-0.25, -0.2) is 4.98 Å². The van der Waals surface area contributed by atoms with Gasteiger partial charge in [0, 0.05) is 0 Å². The summed E-state index contributed by atoms with van der Waals surface area (Å²) in [6.45, 7) is 2.87. The van der Waals surface area contributed by atoms with Gasteiger partial charge in [-0.3, -0.25) is 4.79 Å². The highest BCUT2D eigenvalue weighted by atomic mass is 79.9. The number of aryl methyl sites for hydroxylation is 1. The van der Waals surface area contributed by atoms with E-state index in [1.54, 1.807) is 6.20 Å². The highest BCUT2D eigenvalue weighted by Crippen LogP contribution is 2.17. The minimum atomic E-state index is -0.0519. The molecule has 1 aliphatic heterocycles. The summed E-state index contributed by atoms with van der Waals surface area (Å²) >= 11 is 3.33. The molecule has 0 aromatic carbocycles. The van der Waals surface area contributed by atoms with Gasteiger partial charge in [0.05, 0.1) is 17.9 Å². The number of aromatic nitrogens is 1. The van der Waals surface area contributed by atoms with Crippen molar-refractivity contribution in [2.75, 3.05) is 11.9 Å². The smallest absolute Gasteiger partial charge is 0.241 e. The third-order valence-corrected chi connectivity index (χ3v) is 3.49. The molecule has 1 amide bonds. The van der Waals surface area contributed by atoms with Crippen LogP contribution in [0.4, 0.5) is 5.69 Å². The number of halogens is 1. The van der Waals surface area contributed by atoms with Crippen molar-refractivity contribution < 1.29 is 4.79 Å². The van der Waals surface area contributed by atoms with Crippen LogP contribution in [0.3, 0.4) is 0 Å². The van der Waals surface area contributed by atoms with E-state index in [9.17, 15) is 4.79 Å². The maximum Gasteiger partial charge on any atom is 0.241 e. The van der Waals surface area contributed by atoms with Crippen molar-refractivity contribution in [1.29, 1.82) is 0 Å². The van der Waals surface area contributed by atoms with Crippen molar-refractivity contribution >= 4 is 27.5 Å². The summed E-state index contributed by atoms with van der Waals surface area (Å²) in [6.07, 6.45) is 3.63. The molecule has 0 saturated carbocycles. The molecule has 1 aromatic heterocycles. The monoisotopic (exact) mass is 283 g/mol. The fraction of sp³-hybridized carbons (Fsp3) is 0.455. The van der Waals surface area contributed by atoms with Crippen molar-refractivity contribution in [3.05, 3.63) is 22.4 Å². The van der Waals surface area contributed by atoms with Gasteiger partial charge in [0.1, 0.15) is 4.60 Å². The predicted molar refractivity (Wildman–Crippen MR) is 66.3 cm³/mol. The minimum Gasteiger partial charge on any atom is -0.323 e. The van der Waals surface area contributed by atoms with Crippen LogP contribution in [0.1, 0.15) is 18.4 Å². The normalized spacial score (nSPS) is 19.8. The van der Waals surface area contributed by atoms with Crippen LogP contribution in [0.25, 0.3) is 0 Å². The number of hydrogen-bond donors (Lipinski definition) is 2. The summed E-state index contributed by atoms with van der Waals surface area (Å²) in [5.74, 6) is 0.0287. The van der Waals surface area contributed by atoms with E-state index < -0.39 is 0 Å². The van der Waals surface area contributed by atoms with Crippen LogP contribution in [0.15, 0.2) is 16.9 Å². The summed E-state index contributed by atoms with van der Waals surface area (Å²) in [7, 11) is 0. The molecule has 1 aromatic rings. The lowest BCUT2D eigenvalue weighted by Crippen LogP contribution is -2.35. The summed E-state index contributed by atoms with van der Waals surface area (Å²) in [5.41, 5.74) is 1.76. The Balaban J connectivity index is 2.02. The van der Waals surface area contributed by atoms with E-state index in [0.29, 0.717) is 0 Å². The molecule has 0 radical (unpaired) electrons. The molecule has 2 rings (SSSR count). The number of hydrogen-bond acceptors (Lipinski definition) is 3. The number of nitrogens with one attached hydrogen (secondary N) is 2. The van der Waals surface area contributed by atoms with Gasteiger partial charge >= 0.3 is 0 Å². The highest BCUT2D eigenvalue weighted by molar-refractivity contribution is 9.10. The van der Waals surface area contributed by atoms with Gasteiger partial charge in [-0.1, -0.05) is 0 Å². The fourth-order valence-electron chi connectivity index (χ4n) is 1.76. The van der Waals surface area contributed by atoms with Gasteiger partial charge in [0.25, 0.3) is 0 Å². The second-order valence-electron chi connectivity index (χ2n) is 3.97. The molecule has 5 heteroatoms. The Morgan fingerprint density at radius 1 is 1.69 bits per heavy atom. The predicted octanol–water partition coefficient (Wildman–Crippen LogP) is 1.84. The van der Waals surface area contributed by atoms with Gasteiger partial charge < -0.3 is 10.6 Å². The number of nitrogens with zero attached hydrogens (tertiary/aromatic N) is 1. The molecule has 4 nitrogen and oxygen atoms in total. The first-order valence-corrected chi connectivity index (χ1v) is 6.12. The molecule has 0 bridgehead atoms. The number of amides is 1. The molecule has 1 unspecified atom stereocenters. The lowest BCUT2D eigenvalue weighted by Gasteiger charge is -2.11. The van der Waals surface area contributed by atoms with Crippen LogP contribution in [0, 0.1) is 6.92 Å². The van der Waals surface area contributed by atoms with Gasteiger partial charge in [-0.05, 0) is 53.9 Å². The van der Waals surface area contributed by atoms with Crippen LogP contribution in [-0.2, 0) is 4.79 Å². The third kappa shape index (κ3) is 2.59. The van der Waals surface area contributed by atoms with Crippen LogP contribution in [0.2, 0.25) is 0 Å². The molecular weight excluding hydrogens is 270 g/mol. The molecule has 0 aliphatic carbocycles. The molecule has 86 valence electrons. The highest BCUT2D eigenvalue weighted by Gasteiger charge is 2.21. The molecule has 0 spiro atoms. The summed E-state index contributed by atoms with van der Waals surface area (Å²) in [5, 5.41) is 6.03. The van der Waals surface area contributed by atoms with Crippen LogP contribution in [0.5, 0.6) is 0 Å². The Morgan fingerprint density at radius 3 is 3.12 bits per heavy atom. The van der Waals surface area contributed by atoms with E-state index in [-0.39, 0.29) is 11.9 Å². The first-order chi connectivity index (χ1) is 7.66. The number of pyridine rings is 1. The maximum atomic E-state index is 11.8. The SMILES string of the molecule is Cc1cc(NC(=O)C2CCCN2)cnc1Br. The molecular formula is C11H14BrN3O. The number of carbonyl (C=O) groups excluding carboxylic acids is 1. The zero-order valence-corrected chi connectivity index (χ0v) is 10.7. The lowest BCUT2D eigenvalue weighted by atomic mass is 10.2. The van der Waals surface area contributed by atoms with Gasteiger partial charge in [0.15, 0.2) is 0 Å². The minimum absolute atomic E-state index is 0.0287. The second-order valence-corrected chi connectivity index (χ2v) is 4.72. The largest absolute Gasteiger partial charge is 0.323 e. The summed E-state index contributed by atoms with van der Waals surface area (Å²) < 4.78 is 0.810. The van der Waals surface area contributed by atoms with Crippen molar-refractivity contribution in [3.8, 4) is 0 Å². The zero-order chi connectivity index (χ0) is 11.5. The molecule has 2 N–H and O–H groups in total. The van der Waals surface area contributed by atoms with E-state index in [1.807, 2.05) is 13.0 Å². The second kappa shape index (κ2) is 4.93. The Bertz CT molecular complexity index is 402. The summed E-state index contributed by atoms with van der Waals surface area (Å²) in [6, 6.07) is 1.85. The van der Waals surface area contributed by atoms with Gasteiger partial charge in [-0.2, -0.15) is 0 Å². The Hall–Kier alpha value is -0.940. The average molecular weight is 284 g/mol. The molecule has 1 saturated heterocycles. The molecule has 16 heavy (non-hydrogen) atoms. The summed E-state index contributed by atoms with van der Waals surface area (Å²) in [4.78, 5) is 15.9. The average Bonchev–Trinajstić information content (AvgIpc) is 2.77. The standard InChI is InChI=1S/C11H14BrN3O/c1-7-5-8(6-14-10(7)12)15-11(16)9-3-2-4-13-9/h5-6,9,13H,2-4H2,1H3,(H,15,16). The van der Waals surface area contributed by atoms with Crippen molar-refractivity contribution in [2.24, 2.45) is 0 Å². The van der Waals surface area contributed by atoms with E-state index in [1.165, 1.54) is 0 Å². The van der Waals surface area contributed by atoms with Crippen molar-refractivity contribution in [2.45, 2.75) is 25.8 Å². The molecule has 1 aliphatic rings.